The maximum atomic E-state index is 10.9. The van der Waals surface area contributed by atoms with E-state index in [-0.39, 0.29) is 5.91 Å². The highest BCUT2D eigenvalue weighted by atomic mass is 79.9. The number of nitrogens with one attached hydrogen (secondary N) is 1. The molecule has 0 saturated heterocycles. The molecule has 1 amide bonds. The van der Waals surface area contributed by atoms with E-state index in [2.05, 4.69) is 26.2 Å². The summed E-state index contributed by atoms with van der Waals surface area (Å²) in [6, 6.07) is 10.9. The van der Waals surface area contributed by atoms with E-state index in [1.54, 1.807) is 24.4 Å². The largest absolute Gasteiger partial charge is 0.448 e. The van der Waals surface area contributed by atoms with Gasteiger partial charge in [0.1, 0.15) is 5.76 Å². The van der Waals surface area contributed by atoms with Crippen molar-refractivity contribution in [2.24, 2.45) is 4.99 Å². The van der Waals surface area contributed by atoms with Gasteiger partial charge in [-0.3, -0.25) is 9.79 Å². The van der Waals surface area contributed by atoms with E-state index in [4.69, 9.17) is 4.42 Å². The number of furan rings is 1. The van der Waals surface area contributed by atoms with E-state index in [1.165, 1.54) is 6.92 Å². The molecule has 0 atom stereocenters. The predicted molar refractivity (Wildman–Crippen MR) is 74.4 cm³/mol. The third kappa shape index (κ3) is 3.56. The molecule has 0 aliphatic heterocycles. The van der Waals surface area contributed by atoms with Crippen molar-refractivity contribution >= 4 is 39.4 Å². The Balaban J connectivity index is 2.06. The van der Waals surface area contributed by atoms with Crippen LogP contribution in [0.15, 0.2) is 50.5 Å². The lowest BCUT2D eigenvalue weighted by atomic mass is 10.3. The van der Waals surface area contributed by atoms with Gasteiger partial charge in [-0.1, -0.05) is 0 Å². The average Bonchev–Trinajstić information content (AvgIpc) is 2.74. The van der Waals surface area contributed by atoms with Gasteiger partial charge in [0.2, 0.25) is 5.91 Å². The summed E-state index contributed by atoms with van der Waals surface area (Å²) in [7, 11) is 0. The molecule has 0 unspecified atom stereocenters. The van der Waals surface area contributed by atoms with Crippen LogP contribution in [0.2, 0.25) is 0 Å². The molecule has 1 aromatic carbocycles. The molecule has 0 saturated carbocycles. The lowest BCUT2D eigenvalue weighted by molar-refractivity contribution is -0.114. The van der Waals surface area contributed by atoms with Crippen molar-refractivity contribution in [3.05, 3.63) is 46.8 Å². The second kappa shape index (κ2) is 5.64. The van der Waals surface area contributed by atoms with Gasteiger partial charge in [-0.25, -0.2) is 0 Å². The van der Waals surface area contributed by atoms with Crippen LogP contribution >= 0.6 is 15.9 Å². The first-order chi connectivity index (χ1) is 8.63. The van der Waals surface area contributed by atoms with Gasteiger partial charge in [-0.2, -0.15) is 0 Å². The van der Waals surface area contributed by atoms with Crippen LogP contribution in [0.4, 0.5) is 11.4 Å². The first-order valence-corrected chi connectivity index (χ1v) is 6.10. The molecule has 0 fully saturated rings. The maximum absolute atomic E-state index is 10.9. The fourth-order valence-corrected chi connectivity index (χ4v) is 1.69. The highest BCUT2D eigenvalue weighted by Crippen LogP contribution is 2.17. The molecule has 1 N–H and O–H groups in total. The molecule has 0 radical (unpaired) electrons. The summed E-state index contributed by atoms with van der Waals surface area (Å²) in [5, 5.41) is 2.69. The Kier molecular flexibility index (Phi) is 3.94. The number of hydrogen-bond donors (Lipinski definition) is 1. The van der Waals surface area contributed by atoms with Crippen molar-refractivity contribution in [1.82, 2.24) is 0 Å². The van der Waals surface area contributed by atoms with Gasteiger partial charge in [-0.15, -0.1) is 0 Å². The zero-order valence-corrected chi connectivity index (χ0v) is 11.3. The molecule has 0 aliphatic rings. The highest BCUT2D eigenvalue weighted by molar-refractivity contribution is 9.10. The molecule has 18 heavy (non-hydrogen) atoms. The van der Waals surface area contributed by atoms with E-state index < -0.39 is 0 Å². The molecule has 0 aliphatic carbocycles. The van der Waals surface area contributed by atoms with Crippen LogP contribution in [-0.2, 0) is 4.79 Å². The number of anilines is 1. The van der Waals surface area contributed by atoms with Crippen molar-refractivity contribution in [1.29, 1.82) is 0 Å². The SMILES string of the molecule is CC(=O)Nc1ccc(N=Cc2ccc(Br)o2)cc1. The highest BCUT2D eigenvalue weighted by Gasteiger charge is 1.97. The summed E-state index contributed by atoms with van der Waals surface area (Å²) in [6.45, 7) is 1.47. The lowest BCUT2D eigenvalue weighted by Crippen LogP contribution is -2.04. The van der Waals surface area contributed by atoms with Crippen molar-refractivity contribution < 1.29 is 9.21 Å². The molecule has 2 aromatic rings. The third-order valence-electron chi connectivity index (χ3n) is 2.12. The number of amides is 1. The monoisotopic (exact) mass is 306 g/mol. The Hall–Kier alpha value is -1.88. The van der Waals surface area contributed by atoms with Gasteiger partial charge >= 0.3 is 0 Å². The van der Waals surface area contributed by atoms with Crippen LogP contribution < -0.4 is 5.32 Å². The molecule has 1 heterocycles. The smallest absolute Gasteiger partial charge is 0.221 e. The number of carbonyl (C=O) groups excluding carboxylic acids is 1. The molecule has 4 nitrogen and oxygen atoms in total. The minimum Gasteiger partial charge on any atom is -0.448 e. The summed E-state index contributed by atoms with van der Waals surface area (Å²) in [5.74, 6) is 0.583. The summed E-state index contributed by atoms with van der Waals surface area (Å²) < 4.78 is 5.96. The third-order valence-corrected chi connectivity index (χ3v) is 2.55. The first-order valence-electron chi connectivity index (χ1n) is 5.30. The Morgan fingerprint density at radius 2 is 2.00 bits per heavy atom. The van der Waals surface area contributed by atoms with E-state index in [9.17, 15) is 4.79 Å². The van der Waals surface area contributed by atoms with Crippen LogP contribution in [0.5, 0.6) is 0 Å². The first kappa shape index (κ1) is 12.6. The van der Waals surface area contributed by atoms with E-state index in [1.807, 2.05) is 18.2 Å². The number of carbonyl (C=O) groups is 1. The van der Waals surface area contributed by atoms with Crippen molar-refractivity contribution in [2.45, 2.75) is 6.92 Å². The topological polar surface area (TPSA) is 54.6 Å². The molecule has 0 bridgehead atoms. The standard InChI is InChI=1S/C13H11BrN2O2/c1-9(17)16-11-4-2-10(3-5-11)15-8-12-6-7-13(14)18-12/h2-8H,1H3,(H,16,17). The van der Waals surface area contributed by atoms with Crippen LogP contribution in [0.1, 0.15) is 12.7 Å². The van der Waals surface area contributed by atoms with Crippen molar-refractivity contribution in [3.63, 3.8) is 0 Å². The fourth-order valence-electron chi connectivity index (χ4n) is 1.37. The van der Waals surface area contributed by atoms with Crippen LogP contribution in [0.25, 0.3) is 0 Å². The quantitative estimate of drug-likeness (QED) is 0.878. The average molecular weight is 307 g/mol. The van der Waals surface area contributed by atoms with Gasteiger partial charge < -0.3 is 9.73 Å². The molecule has 2 rings (SSSR count). The minimum atomic E-state index is -0.0910. The van der Waals surface area contributed by atoms with Gasteiger partial charge in [0.25, 0.3) is 0 Å². The maximum Gasteiger partial charge on any atom is 0.221 e. The predicted octanol–water partition coefficient (Wildman–Crippen LogP) is 3.75. The van der Waals surface area contributed by atoms with E-state index in [0.717, 1.165) is 11.4 Å². The number of halogens is 1. The zero-order chi connectivity index (χ0) is 13.0. The number of hydrogen-bond acceptors (Lipinski definition) is 3. The van der Waals surface area contributed by atoms with Gasteiger partial charge in [0.15, 0.2) is 4.67 Å². The number of nitrogens with zero attached hydrogens (tertiary/aromatic N) is 1. The molecular weight excluding hydrogens is 296 g/mol. The van der Waals surface area contributed by atoms with Gasteiger partial charge in [0, 0.05) is 12.6 Å². The van der Waals surface area contributed by atoms with Crippen molar-refractivity contribution in [2.75, 3.05) is 5.32 Å². The summed E-state index contributed by atoms with van der Waals surface area (Å²) in [6.07, 6.45) is 1.64. The van der Waals surface area contributed by atoms with Gasteiger partial charge in [-0.05, 0) is 52.3 Å². The molecule has 92 valence electrons. The molecule has 0 spiro atoms. The summed E-state index contributed by atoms with van der Waals surface area (Å²) >= 11 is 3.22. The Labute approximate surface area is 113 Å². The Morgan fingerprint density at radius 3 is 2.56 bits per heavy atom. The number of rotatable bonds is 3. The second-order valence-corrected chi connectivity index (χ2v) is 4.41. The summed E-state index contributed by atoms with van der Waals surface area (Å²) in [4.78, 5) is 15.1. The van der Waals surface area contributed by atoms with Crippen LogP contribution in [-0.4, -0.2) is 12.1 Å². The normalized spacial score (nSPS) is 10.8. The Morgan fingerprint density at radius 1 is 1.28 bits per heavy atom. The van der Waals surface area contributed by atoms with Gasteiger partial charge in [0.05, 0.1) is 11.9 Å². The second-order valence-electron chi connectivity index (χ2n) is 3.63. The zero-order valence-electron chi connectivity index (χ0n) is 9.68. The molecular formula is C13H11BrN2O2. The Bertz CT molecular complexity index is 573. The number of benzene rings is 1. The molecule has 5 heteroatoms. The van der Waals surface area contributed by atoms with E-state index >= 15 is 0 Å². The number of aliphatic imine (C=N–C) groups is 1. The lowest BCUT2D eigenvalue weighted by Gasteiger charge is -2.01. The van der Waals surface area contributed by atoms with E-state index in [0.29, 0.717) is 10.4 Å². The van der Waals surface area contributed by atoms with Crippen molar-refractivity contribution in [3.8, 4) is 0 Å². The molecule has 1 aromatic heterocycles. The fraction of sp³-hybridized carbons (Fsp3) is 0.0769. The van der Waals surface area contributed by atoms with Crippen LogP contribution in [0.3, 0.4) is 0 Å². The minimum absolute atomic E-state index is 0.0910. The van der Waals surface area contributed by atoms with Crippen LogP contribution in [0, 0.1) is 0 Å². The summed E-state index contributed by atoms with van der Waals surface area (Å²) in [5.41, 5.74) is 1.54.